The number of carbonyl (C=O) groups is 11. The highest BCUT2D eigenvalue weighted by molar-refractivity contribution is 7.85. The predicted octanol–water partition coefficient (Wildman–Crippen LogP) is -3.61. The summed E-state index contributed by atoms with van der Waals surface area (Å²) >= 11 is 0. The zero-order valence-electron chi connectivity index (χ0n) is 37.8. The van der Waals surface area contributed by atoms with Gasteiger partial charge in [0.15, 0.2) is 5.92 Å². The van der Waals surface area contributed by atoms with E-state index in [4.69, 9.17) is 17.2 Å². The molecule has 1 saturated carbocycles. The number of carbonyl (C=O) groups excluding carboxylic acids is 9. The Balaban J connectivity index is 2.14. The number of aromatic hydroxyl groups is 1. The molecule has 2 fully saturated rings. The van der Waals surface area contributed by atoms with E-state index in [1.54, 1.807) is 13.8 Å². The van der Waals surface area contributed by atoms with Crippen molar-refractivity contribution < 1.29 is 72.3 Å². The third-order valence-corrected chi connectivity index (χ3v) is 12.5. The lowest BCUT2D eigenvalue weighted by atomic mass is 9.80. The van der Waals surface area contributed by atoms with E-state index in [2.05, 4.69) is 37.2 Å². The van der Waals surface area contributed by atoms with Gasteiger partial charge >= 0.3 is 11.9 Å². The molecule has 16 N–H and O–H groups in total. The SMILES string of the molecule is CC(C)C[C@@H]1NC(=O)[C@H](CC(C(=O)O)C(=O)O)NC(=O)C[S@@](=O)C[C@H](C(N)=O)NC(=O)CCCCNC(=O)[C@H](CC(N)=O)NC(=O)C2(CCCCC2)NC(=O)[C@H](Cc2ccc(O)c(N)c2)NC1=O. The lowest BCUT2D eigenvalue weighted by Gasteiger charge is -2.38. The number of phenols is 1. The summed E-state index contributed by atoms with van der Waals surface area (Å²) in [6, 6.07) is -4.19. The van der Waals surface area contributed by atoms with Gasteiger partial charge in [0.05, 0.1) is 17.9 Å². The second-order valence-corrected chi connectivity index (χ2v) is 18.8. The van der Waals surface area contributed by atoms with Crippen molar-refractivity contribution in [1.29, 1.82) is 0 Å². The third kappa shape index (κ3) is 17.4. The van der Waals surface area contributed by atoms with Crippen LogP contribution in [0.2, 0.25) is 0 Å². The van der Waals surface area contributed by atoms with Crippen LogP contribution >= 0.6 is 0 Å². The Kier molecular flexibility index (Phi) is 21.1. The van der Waals surface area contributed by atoms with Crippen molar-refractivity contribution in [2.75, 3.05) is 23.8 Å². The van der Waals surface area contributed by atoms with Crippen molar-refractivity contribution in [3.63, 3.8) is 0 Å². The molecule has 1 aromatic carbocycles. The smallest absolute Gasteiger partial charge is 0.317 e. The maximum Gasteiger partial charge on any atom is 0.317 e. The van der Waals surface area contributed by atoms with Crippen molar-refractivity contribution in [2.24, 2.45) is 23.3 Å². The zero-order chi connectivity index (χ0) is 50.9. The zero-order valence-corrected chi connectivity index (χ0v) is 38.6. The number of carboxylic acids is 2. The van der Waals surface area contributed by atoms with Crippen molar-refractivity contribution in [2.45, 2.75) is 127 Å². The van der Waals surface area contributed by atoms with Crippen LogP contribution in [0.5, 0.6) is 5.75 Å². The standard InChI is InChI=1S/C42H62N10O15S/c1-21(2)14-25-36(59)50-26(16-22-9-10-30(53)24(43)15-22)38(61)52-42(11-5-3-6-12-42)41(66)51-28(18-31(44)54)35(58)46-13-7-4-8-32(55)48-29(34(45)57)19-68(67)20-33(56)47-27(37(60)49-25)17-23(39(62)63)40(64)65/h9-10,15,21,23,25-29,53H,3-8,11-14,16-20,43H2,1-2H3,(H2,44,54)(H2,45,57)(H,46,58)(H,47,56)(H,48,55)(H,49,60)(H,50,59)(H,51,66)(H,52,61)(H,62,63)(H,64,65)/t25-,26-,27-,28-,29+,68-/m0/s1. The number of nitrogens with two attached hydrogens (primary N) is 3. The number of aliphatic carboxylic acids is 2. The predicted molar refractivity (Wildman–Crippen MR) is 240 cm³/mol. The number of carboxylic acid groups (broad SMARTS) is 2. The number of benzene rings is 1. The second-order valence-electron chi connectivity index (χ2n) is 17.3. The molecule has 3 rings (SSSR count). The molecule has 2 aliphatic rings. The van der Waals surface area contributed by atoms with Crippen LogP contribution in [0, 0.1) is 11.8 Å². The van der Waals surface area contributed by atoms with Crippen LogP contribution in [-0.4, -0.2) is 138 Å². The van der Waals surface area contributed by atoms with Gasteiger partial charge in [0.1, 0.15) is 47.3 Å². The highest BCUT2D eigenvalue weighted by Crippen LogP contribution is 2.30. The normalized spacial score (nSPS) is 24.5. The van der Waals surface area contributed by atoms with Gasteiger partial charge in [-0.05, 0) is 55.7 Å². The molecule has 0 aromatic heterocycles. The summed E-state index contributed by atoms with van der Waals surface area (Å²) in [5.74, 6) is -17.1. The van der Waals surface area contributed by atoms with Crippen LogP contribution < -0.4 is 54.4 Å². The van der Waals surface area contributed by atoms with Crippen molar-refractivity contribution in [3.05, 3.63) is 23.8 Å². The van der Waals surface area contributed by atoms with Crippen molar-refractivity contribution >= 4 is 81.6 Å². The first kappa shape index (κ1) is 55.5. The topological polar surface area (TPSA) is 428 Å². The number of amides is 9. The van der Waals surface area contributed by atoms with Crippen molar-refractivity contribution in [1.82, 2.24) is 37.2 Å². The summed E-state index contributed by atoms with van der Waals surface area (Å²) in [5.41, 5.74) is 15.3. The maximum atomic E-state index is 14.5. The quantitative estimate of drug-likeness (QED) is 0.0579. The summed E-state index contributed by atoms with van der Waals surface area (Å²) in [6.45, 7) is 3.27. The van der Waals surface area contributed by atoms with E-state index < -0.39 is 142 Å². The van der Waals surface area contributed by atoms with E-state index in [0.717, 1.165) is 0 Å². The van der Waals surface area contributed by atoms with Crippen LogP contribution in [0.25, 0.3) is 0 Å². The van der Waals surface area contributed by atoms with E-state index in [-0.39, 0.29) is 68.8 Å². The molecule has 6 atom stereocenters. The van der Waals surface area contributed by atoms with Gasteiger partial charge in [0, 0.05) is 36.6 Å². The Morgan fingerprint density at radius 1 is 0.750 bits per heavy atom. The maximum absolute atomic E-state index is 14.5. The van der Waals surface area contributed by atoms with E-state index in [9.17, 15) is 72.3 Å². The summed E-state index contributed by atoms with van der Waals surface area (Å²) in [5, 5.41) is 46.8. The Morgan fingerprint density at radius 3 is 1.94 bits per heavy atom. The molecule has 376 valence electrons. The number of rotatable bonds is 11. The second kappa shape index (κ2) is 25.9. The molecule has 1 saturated heterocycles. The monoisotopic (exact) mass is 978 g/mol. The molecule has 0 bridgehead atoms. The van der Waals surface area contributed by atoms with Crippen molar-refractivity contribution in [3.8, 4) is 5.75 Å². The summed E-state index contributed by atoms with van der Waals surface area (Å²) in [4.78, 5) is 145. The number of phenolic OH excluding ortho intramolecular Hbond substituents is 1. The van der Waals surface area contributed by atoms with Gasteiger partial charge in [-0.15, -0.1) is 0 Å². The lowest BCUT2D eigenvalue weighted by Crippen LogP contribution is -2.66. The Bertz CT molecular complexity index is 2100. The largest absolute Gasteiger partial charge is 0.506 e. The fraction of sp³-hybridized carbons (Fsp3) is 0.595. The molecular formula is C42H62N10O15S. The highest BCUT2D eigenvalue weighted by atomic mass is 32.2. The van der Waals surface area contributed by atoms with Crippen LogP contribution in [0.1, 0.15) is 90.0 Å². The first-order chi connectivity index (χ1) is 31.9. The average Bonchev–Trinajstić information content (AvgIpc) is 3.24. The molecule has 25 nitrogen and oxygen atoms in total. The molecule has 26 heteroatoms. The third-order valence-electron chi connectivity index (χ3n) is 11.2. The fourth-order valence-corrected chi connectivity index (χ4v) is 8.74. The first-order valence-electron chi connectivity index (χ1n) is 22.0. The van der Waals surface area contributed by atoms with E-state index in [1.807, 2.05) is 0 Å². The van der Waals surface area contributed by atoms with E-state index >= 15 is 0 Å². The Labute approximate surface area is 393 Å². The number of nitrogen functional groups attached to an aromatic ring is 1. The minimum atomic E-state index is -2.29. The number of hydrogen-bond acceptors (Lipinski definition) is 14. The molecule has 0 unspecified atom stereocenters. The number of anilines is 1. The Hall–Kier alpha value is -6.86. The van der Waals surface area contributed by atoms with Gasteiger partial charge in [-0.1, -0.05) is 39.2 Å². The molecule has 1 aliphatic carbocycles. The van der Waals surface area contributed by atoms with Gasteiger partial charge in [-0.25, -0.2) is 0 Å². The van der Waals surface area contributed by atoms with Gasteiger partial charge in [0.2, 0.25) is 53.2 Å². The molecule has 0 radical (unpaired) electrons. The molecule has 1 aromatic rings. The van der Waals surface area contributed by atoms with Gasteiger partial charge in [-0.3, -0.25) is 56.9 Å². The van der Waals surface area contributed by atoms with Gasteiger partial charge < -0.3 is 69.7 Å². The molecule has 9 amide bonds. The molecule has 68 heavy (non-hydrogen) atoms. The van der Waals surface area contributed by atoms with Gasteiger partial charge in [0.25, 0.3) is 0 Å². The molecule has 1 spiro atoms. The van der Waals surface area contributed by atoms with Crippen LogP contribution in [0.3, 0.4) is 0 Å². The lowest BCUT2D eigenvalue weighted by molar-refractivity contribution is -0.155. The number of hydrogen-bond donors (Lipinski definition) is 13. The van der Waals surface area contributed by atoms with E-state index in [0.29, 0.717) is 24.8 Å². The van der Waals surface area contributed by atoms with Crippen LogP contribution in [0.4, 0.5) is 5.69 Å². The van der Waals surface area contributed by atoms with E-state index in [1.165, 1.54) is 18.2 Å². The minimum absolute atomic E-state index is 0.0569. The number of primary amides is 2. The fourth-order valence-electron chi connectivity index (χ4n) is 7.63. The molecule has 1 aliphatic heterocycles. The summed E-state index contributed by atoms with van der Waals surface area (Å²) < 4.78 is 13.1. The first-order valence-corrected chi connectivity index (χ1v) is 23.5. The number of nitrogens with one attached hydrogen (secondary N) is 7. The molecular weight excluding hydrogens is 917 g/mol. The van der Waals surface area contributed by atoms with Crippen LogP contribution in [-0.2, 0) is 70.0 Å². The summed E-state index contributed by atoms with van der Waals surface area (Å²) in [6.07, 6.45) is -0.471. The minimum Gasteiger partial charge on any atom is -0.506 e. The average molecular weight is 979 g/mol. The molecule has 1 heterocycles. The highest BCUT2D eigenvalue weighted by Gasteiger charge is 2.44. The summed E-state index contributed by atoms with van der Waals surface area (Å²) in [7, 11) is -2.29. The van der Waals surface area contributed by atoms with Gasteiger partial charge in [-0.2, -0.15) is 0 Å². The van der Waals surface area contributed by atoms with Crippen LogP contribution in [0.15, 0.2) is 18.2 Å². The Morgan fingerprint density at radius 2 is 1.37 bits per heavy atom.